The van der Waals surface area contributed by atoms with Gasteiger partial charge < -0.3 is 4.74 Å². The molecule has 2 heteroatoms. The Labute approximate surface area is 271 Å². The fourth-order valence-electron chi connectivity index (χ4n) is 8.48. The predicted molar refractivity (Wildman–Crippen MR) is 187 cm³/mol. The van der Waals surface area contributed by atoms with E-state index in [0.29, 0.717) is 5.92 Å². The van der Waals surface area contributed by atoms with Crippen molar-refractivity contribution in [3.8, 4) is 39.4 Å². The molecule has 1 aromatic heterocycles. The quantitative estimate of drug-likeness (QED) is 0.204. The Bertz CT molecular complexity index is 2060. The van der Waals surface area contributed by atoms with Crippen LogP contribution in [-0.2, 0) is 10.8 Å². The zero-order valence-corrected chi connectivity index (χ0v) is 26.2. The fourth-order valence-corrected chi connectivity index (χ4v) is 8.48. The number of allylic oxidation sites excluding steroid dienone is 2. The van der Waals surface area contributed by atoms with Crippen LogP contribution in [0.15, 0.2) is 157 Å². The molecule has 6 aromatic rings. The van der Waals surface area contributed by atoms with Crippen LogP contribution in [0.5, 0.6) is 5.75 Å². The molecule has 2 aliphatic carbocycles. The maximum atomic E-state index is 6.91. The van der Waals surface area contributed by atoms with E-state index in [1.54, 1.807) is 0 Å². The zero-order valence-electron chi connectivity index (χ0n) is 26.2. The van der Waals surface area contributed by atoms with E-state index < -0.39 is 5.41 Å². The third-order valence-electron chi connectivity index (χ3n) is 11.0. The van der Waals surface area contributed by atoms with Gasteiger partial charge in [-0.15, -0.1) is 0 Å². The summed E-state index contributed by atoms with van der Waals surface area (Å²) in [5, 5.41) is 0. The van der Waals surface area contributed by atoms with Crippen LogP contribution in [0, 0.1) is 5.92 Å². The normalized spacial score (nSPS) is 20.3. The van der Waals surface area contributed by atoms with Crippen molar-refractivity contribution >= 4 is 0 Å². The SMILES string of the molecule is CC1CC2=C(CC1(C)c1cc(-c3ccccc3)nc(-c3ccccc3)c1)C1(c3ccccc3O2)c2ccccc2-c2ccccc21. The number of pyridine rings is 1. The first-order chi connectivity index (χ1) is 22.6. The summed E-state index contributed by atoms with van der Waals surface area (Å²) < 4.78 is 6.91. The monoisotopic (exact) mass is 593 g/mol. The van der Waals surface area contributed by atoms with Crippen molar-refractivity contribution in [3.63, 3.8) is 0 Å². The first kappa shape index (κ1) is 27.1. The summed E-state index contributed by atoms with van der Waals surface area (Å²) >= 11 is 0. The lowest BCUT2D eigenvalue weighted by atomic mass is 9.55. The Balaban J connectivity index is 1.29. The molecule has 222 valence electrons. The smallest absolute Gasteiger partial charge is 0.131 e. The first-order valence-electron chi connectivity index (χ1n) is 16.4. The van der Waals surface area contributed by atoms with Crippen molar-refractivity contribution in [1.82, 2.24) is 4.98 Å². The topological polar surface area (TPSA) is 22.1 Å². The average molecular weight is 594 g/mol. The van der Waals surface area contributed by atoms with E-state index in [2.05, 4.69) is 159 Å². The molecular weight excluding hydrogens is 558 g/mol. The lowest BCUT2D eigenvalue weighted by molar-refractivity contribution is 0.220. The fraction of sp³-hybridized carbons (Fsp3) is 0.159. The van der Waals surface area contributed by atoms with Gasteiger partial charge in [0.15, 0.2) is 0 Å². The minimum atomic E-state index is -0.406. The number of rotatable bonds is 3. The Morgan fingerprint density at radius 2 is 1.11 bits per heavy atom. The lowest BCUT2D eigenvalue weighted by Gasteiger charge is -2.50. The van der Waals surface area contributed by atoms with Gasteiger partial charge in [0, 0.05) is 23.1 Å². The Hall–Kier alpha value is -5.21. The highest BCUT2D eigenvalue weighted by Crippen LogP contribution is 2.64. The number of hydrogen-bond donors (Lipinski definition) is 0. The van der Waals surface area contributed by atoms with Crippen LogP contribution < -0.4 is 4.74 Å². The van der Waals surface area contributed by atoms with E-state index in [-0.39, 0.29) is 5.41 Å². The largest absolute Gasteiger partial charge is 0.461 e. The molecule has 0 N–H and O–H groups in total. The highest BCUT2D eigenvalue weighted by molar-refractivity contribution is 5.87. The molecule has 5 aromatic carbocycles. The molecule has 46 heavy (non-hydrogen) atoms. The van der Waals surface area contributed by atoms with Crippen molar-refractivity contribution in [3.05, 3.63) is 179 Å². The predicted octanol–water partition coefficient (Wildman–Crippen LogP) is 10.8. The van der Waals surface area contributed by atoms with Gasteiger partial charge in [-0.05, 0) is 69.3 Å². The number of aromatic nitrogens is 1. The number of benzene rings is 5. The third kappa shape index (κ3) is 3.80. The summed E-state index contributed by atoms with van der Waals surface area (Å²) in [6.07, 6.45) is 1.75. The van der Waals surface area contributed by atoms with Crippen molar-refractivity contribution in [1.29, 1.82) is 0 Å². The molecule has 9 rings (SSSR count). The average Bonchev–Trinajstić information content (AvgIpc) is 3.41. The van der Waals surface area contributed by atoms with E-state index in [0.717, 1.165) is 46.9 Å². The van der Waals surface area contributed by atoms with Gasteiger partial charge in [0.25, 0.3) is 0 Å². The van der Waals surface area contributed by atoms with Crippen LogP contribution in [0.4, 0.5) is 0 Å². The second-order valence-corrected chi connectivity index (χ2v) is 13.4. The minimum absolute atomic E-state index is 0.163. The first-order valence-corrected chi connectivity index (χ1v) is 16.4. The molecule has 0 bridgehead atoms. The van der Waals surface area contributed by atoms with Crippen LogP contribution in [0.1, 0.15) is 48.9 Å². The van der Waals surface area contributed by atoms with E-state index in [1.807, 2.05) is 0 Å². The summed E-state index contributed by atoms with van der Waals surface area (Å²) in [7, 11) is 0. The summed E-state index contributed by atoms with van der Waals surface area (Å²) in [6.45, 7) is 4.88. The highest BCUT2D eigenvalue weighted by atomic mass is 16.5. The van der Waals surface area contributed by atoms with Crippen LogP contribution >= 0.6 is 0 Å². The van der Waals surface area contributed by atoms with Crippen molar-refractivity contribution < 1.29 is 4.74 Å². The van der Waals surface area contributed by atoms with Gasteiger partial charge in [0.2, 0.25) is 0 Å². The maximum Gasteiger partial charge on any atom is 0.131 e. The van der Waals surface area contributed by atoms with Crippen LogP contribution in [0.3, 0.4) is 0 Å². The van der Waals surface area contributed by atoms with Gasteiger partial charge in [-0.2, -0.15) is 0 Å². The second kappa shape index (κ2) is 10.2. The minimum Gasteiger partial charge on any atom is -0.461 e. The molecular formula is C44H35NO. The molecule has 1 aliphatic heterocycles. The summed E-state index contributed by atoms with van der Waals surface area (Å²) in [6, 6.07) is 52.7. The molecule has 2 unspecified atom stereocenters. The number of ether oxygens (including phenoxy) is 1. The molecule has 2 nitrogen and oxygen atoms in total. The summed E-state index contributed by atoms with van der Waals surface area (Å²) in [4.78, 5) is 5.23. The van der Waals surface area contributed by atoms with Crippen molar-refractivity contribution in [2.24, 2.45) is 5.92 Å². The molecule has 0 amide bonds. The summed E-state index contributed by atoms with van der Waals surface area (Å²) in [5.74, 6) is 2.45. The van der Waals surface area contributed by atoms with Crippen LogP contribution in [0.2, 0.25) is 0 Å². The van der Waals surface area contributed by atoms with E-state index in [9.17, 15) is 0 Å². The number of fused-ring (bicyclic) bond motifs is 8. The van der Waals surface area contributed by atoms with Gasteiger partial charge in [-0.1, -0.05) is 141 Å². The summed E-state index contributed by atoms with van der Waals surface area (Å²) in [5.41, 5.74) is 13.1. The van der Waals surface area contributed by atoms with Crippen LogP contribution in [-0.4, -0.2) is 4.98 Å². The van der Waals surface area contributed by atoms with E-state index in [1.165, 1.54) is 39.0 Å². The molecule has 0 saturated heterocycles. The van der Waals surface area contributed by atoms with Crippen molar-refractivity contribution in [2.45, 2.75) is 37.5 Å². The van der Waals surface area contributed by atoms with Crippen LogP contribution in [0.25, 0.3) is 33.6 Å². The van der Waals surface area contributed by atoms with Gasteiger partial charge in [0.1, 0.15) is 11.5 Å². The zero-order chi connectivity index (χ0) is 30.9. The molecule has 1 spiro atoms. The van der Waals surface area contributed by atoms with Gasteiger partial charge in [0.05, 0.1) is 16.8 Å². The standard InChI is InChI=1S/C44H35NO/c1-29-25-42-38(28-43(29,2)32-26-39(30-15-5-3-6-16-30)45-40(27-32)31-17-7-4-8-18-31)44(37-23-13-14-24-41(37)46-42)35-21-11-9-19-33(35)34-20-10-12-22-36(34)44/h3-24,26-27,29H,25,28H2,1-2H3. The Kier molecular flexibility index (Phi) is 5.99. The molecule has 3 aliphatic rings. The maximum absolute atomic E-state index is 6.91. The Morgan fingerprint density at radius 1 is 0.609 bits per heavy atom. The van der Waals surface area contributed by atoms with E-state index in [4.69, 9.17) is 9.72 Å². The van der Waals surface area contributed by atoms with Gasteiger partial charge >= 0.3 is 0 Å². The second-order valence-electron chi connectivity index (χ2n) is 13.4. The highest BCUT2D eigenvalue weighted by Gasteiger charge is 2.55. The Morgan fingerprint density at radius 3 is 1.70 bits per heavy atom. The molecule has 2 heterocycles. The van der Waals surface area contributed by atoms with E-state index >= 15 is 0 Å². The lowest BCUT2D eigenvalue weighted by Crippen LogP contribution is -2.44. The number of nitrogens with zero attached hydrogens (tertiary/aromatic N) is 1. The molecule has 0 radical (unpaired) electrons. The third-order valence-corrected chi connectivity index (χ3v) is 11.0. The number of para-hydroxylation sites is 1. The number of hydrogen-bond acceptors (Lipinski definition) is 2. The molecule has 0 saturated carbocycles. The van der Waals surface area contributed by atoms with Gasteiger partial charge in [-0.25, -0.2) is 4.98 Å². The molecule has 2 atom stereocenters. The van der Waals surface area contributed by atoms with Gasteiger partial charge in [-0.3, -0.25) is 0 Å². The molecule has 0 fully saturated rings. The van der Waals surface area contributed by atoms with Crippen molar-refractivity contribution in [2.75, 3.05) is 0 Å².